The highest BCUT2D eigenvalue weighted by Crippen LogP contribution is 2.38. The molecule has 1 aromatic heterocycles. The summed E-state index contributed by atoms with van der Waals surface area (Å²) in [6, 6.07) is 3.78. The third-order valence-corrected chi connectivity index (χ3v) is 5.05. The largest absolute Gasteiger partial charge is 0.466 e. The van der Waals surface area contributed by atoms with Gasteiger partial charge in [0.15, 0.2) is 0 Å². The number of aryl methyl sites for hydroxylation is 2. The van der Waals surface area contributed by atoms with E-state index in [1.54, 1.807) is 19.9 Å². The van der Waals surface area contributed by atoms with Crippen molar-refractivity contribution in [3.05, 3.63) is 51.9 Å². The van der Waals surface area contributed by atoms with Gasteiger partial charge in [-0.05, 0) is 39.0 Å². The average molecular weight is 444 g/mol. The third-order valence-electron chi connectivity index (χ3n) is 4.74. The van der Waals surface area contributed by atoms with Crippen molar-refractivity contribution in [1.82, 2.24) is 10.2 Å². The van der Waals surface area contributed by atoms with Crippen LogP contribution in [0.5, 0.6) is 0 Å². The molecule has 1 aromatic carbocycles. The summed E-state index contributed by atoms with van der Waals surface area (Å²) >= 11 is 5.81. The predicted molar refractivity (Wildman–Crippen MR) is 101 cm³/mol. The average Bonchev–Trinajstić information content (AvgIpc) is 3.07. The fourth-order valence-electron chi connectivity index (χ4n) is 3.36. The first kappa shape index (κ1) is 21.7. The van der Waals surface area contributed by atoms with E-state index in [9.17, 15) is 27.6 Å². The number of urea groups is 1. The van der Waals surface area contributed by atoms with E-state index >= 15 is 0 Å². The molecule has 7 nitrogen and oxygen atoms in total. The van der Waals surface area contributed by atoms with E-state index in [1.165, 1.54) is 13.0 Å². The summed E-state index contributed by atoms with van der Waals surface area (Å²) in [6.45, 7) is 3.96. The van der Waals surface area contributed by atoms with Crippen LogP contribution in [0.3, 0.4) is 0 Å². The van der Waals surface area contributed by atoms with Crippen molar-refractivity contribution in [2.24, 2.45) is 0 Å². The van der Waals surface area contributed by atoms with Crippen LogP contribution in [0.4, 0.5) is 23.7 Å². The maximum atomic E-state index is 13.2. The van der Waals surface area contributed by atoms with E-state index in [-0.39, 0.29) is 5.02 Å². The lowest BCUT2D eigenvalue weighted by Gasteiger charge is -2.21. The molecular weight excluding hydrogens is 427 g/mol. The van der Waals surface area contributed by atoms with Crippen LogP contribution in [0.1, 0.15) is 29.6 Å². The molecule has 2 aromatic rings. The lowest BCUT2D eigenvalue weighted by molar-refractivity contribution is -0.137. The monoisotopic (exact) mass is 443 g/mol. The van der Waals surface area contributed by atoms with Crippen LogP contribution in [0, 0.1) is 13.8 Å². The third kappa shape index (κ3) is 3.74. The molecule has 1 atom stereocenters. The number of hydrogen-bond acceptors (Lipinski definition) is 4. The minimum atomic E-state index is -4.76. The maximum Gasteiger partial charge on any atom is 0.418 e. The van der Waals surface area contributed by atoms with Gasteiger partial charge in [0.05, 0.1) is 16.3 Å². The molecule has 0 bridgehead atoms. The topological polar surface area (TPSA) is 91.7 Å². The second kappa shape index (κ2) is 7.35. The van der Waals surface area contributed by atoms with Crippen molar-refractivity contribution in [2.75, 3.05) is 11.9 Å². The summed E-state index contributed by atoms with van der Waals surface area (Å²) in [6.07, 6.45) is -4.76. The molecule has 1 unspecified atom stereocenters. The number of para-hydroxylation sites is 1. The molecular formula is C19H17ClF3N3O4. The number of nitrogens with one attached hydrogen (secondary N) is 2. The van der Waals surface area contributed by atoms with Crippen molar-refractivity contribution in [2.45, 2.75) is 32.5 Å². The van der Waals surface area contributed by atoms with Crippen molar-refractivity contribution in [1.29, 1.82) is 0 Å². The van der Waals surface area contributed by atoms with Gasteiger partial charge in [-0.15, -0.1) is 0 Å². The van der Waals surface area contributed by atoms with Crippen LogP contribution in [0.15, 0.2) is 28.7 Å². The van der Waals surface area contributed by atoms with Crippen LogP contribution in [-0.2, 0) is 21.3 Å². The van der Waals surface area contributed by atoms with E-state index in [2.05, 4.69) is 10.6 Å². The molecule has 0 spiro atoms. The van der Waals surface area contributed by atoms with Gasteiger partial charge in [0.25, 0.3) is 5.91 Å². The summed E-state index contributed by atoms with van der Waals surface area (Å²) in [5.41, 5.74) is -2.84. The van der Waals surface area contributed by atoms with Crippen LogP contribution in [-0.4, -0.2) is 29.3 Å². The Morgan fingerprint density at radius 3 is 2.53 bits per heavy atom. The van der Waals surface area contributed by atoms with Crippen molar-refractivity contribution >= 4 is 35.1 Å². The van der Waals surface area contributed by atoms with Gasteiger partial charge in [-0.2, -0.15) is 13.2 Å². The Kier molecular flexibility index (Phi) is 5.32. The zero-order valence-corrected chi connectivity index (χ0v) is 16.9. The van der Waals surface area contributed by atoms with Crippen molar-refractivity contribution < 1.29 is 32.0 Å². The summed E-state index contributed by atoms with van der Waals surface area (Å²) in [7, 11) is 0. The Hall–Kier alpha value is -3.01. The Morgan fingerprint density at radius 2 is 1.97 bits per heavy atom. The first-order valence-electron chi connectivity index (χ1n) is 8.71. The zero-order valence-electron chi connectivity index (χ0n) is 16.1. The molecule has 1 fully saturated rings. The lowest BCUT2D eigenvalue weighted by Crippen LogP contribution is -2.42. The van der Waals surface area contributed by atoms with Crippen LogP contribution in [0.25, 0.3) is 0 Å². The molecule has 1 saturated heterocycles. The van der Waals surface area contributed by atoms with Gasteiger partial charge in [0.1, 0.15) is 23.6 Å². The Balaban J connectivity index is 1.83. The van der Waals surface area contributed by atoms with Crippen LogP contribution < -0.4 is 10.6 Å². The summed E-state index contributed by atoms with van der Waals surface area (Å²) < 4.78 is 45.0. The molecule has 4 amide bonds. The standard InChI is InChI=1S/C19H17ClF3N3O4/c1-9-7-12(10(2)30-9)18(3)16(28)26(17(29)25-18)8-14(27)24-15-11(19(21,22)23)5-4-6-13(15)20/h4-7H,8H2,1-3H3,(H,24,27)(H,25,29). The number of anilines is 1. The number of carbonyl (C=O) groups is 3. The van der Waals surface area contributed by atoms with Crippen LogP contribution in [0.2, 0.25) is 5.02 Å². The van der Waals surface area contributed by atoms with Crippen molar-refractivity contribution in [3.8, 4) is 0 Å². The number of rotatable bonds is 4. The quantitative estimate of drug-likeness (QED) is 0.699. The predicted octanol–water partition coefficient (Wildman–Crippen LogP) is 3.97. The minimum Gasteiger partial charge on any atom is -0.466 e. The SMILES string of the molecule is Cc1cc(C2(C)NC(=O)N(CC(=O)Nc3c(Cl)cccc3C(F)(F)F)C2=O)c(C)o1. The molecule has 0 saturated carbocycles. The summed E-state index contributed by atoms with van der Waals surface area (Å²) in [5.74, 6) is -0.801. The van der Waals surface area contributed by atoms with Gasteiger partial charge in [0, 0.05) is 5.56 Å². The van der Waals surface area contributed by atoms with E-state index < -0.39 is 47.4 Å². The second-order valence-corrected chi connectivity index (χ2v) is 7.39. The highest BCUT2D eigenvalue weighted by molar-refractivity contribution is 6.34. The Bertz CT molecular complexity index is 1050. The molecule has 2 heterocycles. The molecule has 2 N–H and O–H groups in total. The van der Waals surface area contributed by atoms with Gasteiger partial charge in [-0.3, -0.25) is 14.5 Å². The van der Waals surface area contributed by atoms with E-state index in [0.29, 0.717) is 22.0 Å². The number of halogens is 4. The molecule has 160 valence electrons. The number of amides is 4. The normalized spacial score (nSPS) is 19.2. The highest BCUT2D eigenvalue weighted by Gasteiger charge is 2.51. The second-order valence-electron chi connectivity index (χ2n) is 6.98. The molecule has 1 aliphatic rings. The van der Waals surface area contributed by atoms with E-state index in [1.807, 2.05) is 0 Å². The lowest BCUT2D eigenvalue weighted by atomic mass is 9.92. The smallest absolute Gasteiger partial charge is 0.418 e. The first-order valence-corrected chi connectivity index (χ1v) is 9.09. The first-order chi connectivity index (χ1) is 13.8. The molecule has 30 heavy (non-hydrogen) atoms. The fraction of sp³-hybridized carbons (Fsp3) is 0.316. The highest BCUT2D eigenvalue weighted by atomic mass is 35.5. The summed E-state index contributed by atoms with van der Waals surface area (Å²) in [5, 5.41) is 4.23. The number of hydrogen-bond donors (Lipinski definition) is 2. The summed E-state index contributed by atoms with van der Waals surface area (Å²) in [4.78, 5) is 38.3. The van der Waals surface area contributed by atoms with Gasteiger partial charge in [-0.25, -0.2) is 4.79 Å². The Labute approximate surface area is 174 Å². The fourth-order valence-corrected chi connectivity index (χ4v) is 3.58. The maximum absolute atomic E-state index is 13.2. The van der Waals surface area contributed by atoms with E-state index in [4.69, 9.17) is 16.0 Å². The number of carbonyl (C=O) groups excluding carboxylic acids is 3. The van der Waals surface area contributed by atoms with Gasteiger partial charge < -0.3 is 15.1 Å². The number of furan rings is 1. The molecule has 1 aliphatic heterocycles. The van der Waals surface area contributed by atoms with Gasteiger partial charge in [-0.1, -0.05) is 17.7 Å². The van der Waals surface area contributed by atoms with E-state index in [0.717, 1.165) is 12.1 Å². The molecule has 0 radical (unpaired) electrons. The van der Waals surface area contributed by atoms with Crippen LogP contribution >= 0.6 is 11.6 Å². The molecule has 0 aliphatic carbocycles. The number of benzene rings is 1. The Morgan fingerprint density at radius 1 is 1.30 bits per heavy atom. The van der Waals surface area contributed by atoms with Gasteiger partial charge >= 0.3 is 12.2 Å². The number of nitrogens with zero attached hydrogens (tertiary/aromatic N) is 1. The number of alkyl halides is 3. The molecule has 3 rings (SSSR count). The minimum absolute atomic E-state index is 0.329. The molecule has 11 heteroatoms. The van der Waals surface area contributed by atoms with Gasteiger partial charge in [0.2, 0.25) is 5.91 Å². The van der Waals surface area contributed by atoms with Crippen molar-refractivity contribution in [3.63, 3.8) is 0 Å². The zero-order chi connectivity index (χ0) is 22.4. The number of imide groups is 1.